The van der Waals surface area contributed by atoms with Crippen molar-refractivity contribution in [3.63, 3.8) is 0 Å². The van der Waals surface area contributed by atoms with Gasteiger partial charge in [0.05, 0.1) is 18.0 Å². The summed E-state index contributed by atoms with van der Waals surface area (Å²) in [6.07, 6.45) is 2.41. The molecule has 2 aromatic heterocycles. The Morgan fingerprint density at radius 3 is 2.75 bits per heavy atom. The van der Waals surface area contributed by atoms with Crippen molar-refractivity contribution in [3.8, 4) is 0 Å². The molecule has 0 spiro atoms. The van der Waals surface area contributed by atoms with Crippen LogP contribution >= 0.6 is 0 Å². The number of aryl methyl sites for hydroxylation is 2. The van der Waals surface area contributed by atoms with Gasteiger partial charge >= 0.3 is 0 Å². The quantitative estimate of drug-likeness (QED) is 0.857. The highest BCUT2D eigenvalue weighted by Gasteiger charge is 2.15. The van der Waals surface area contributed by atoms with Crippen LogP contribution in [0.3, 0.4) is 0 Å². The predicted molar refractivity (Wildman–Crippen MR) is 62.0 cm³/mol. The number of aromatic nitrogens is 2. The van der Waals surface area contributed by atoms with Crippen LogP contribution in [0, 0.1) is 13.8 Å². The average molecular weight is 219 g/mol. The smallest absolute Gasteiger partial charge is 0.120 e. The van der Waals surface area contributed by atoms with Gasteiger partial charge in [-0.2, -0.15) is 5.10 Å². The summed E-state index contributed by atoms with van der Waals surface area (Å²) in [5.41, 5.74) is 9.51. The van der Waals surface area contributed by atoms with Crippen molar-refractivity contribution < 1.29 is 4.42 Å². The molecule has 2 N–H and O–H groups in total. The molecule has 2 aromatic rings. The minimum absolute atomic E-state index is 0.100. The summed E-state index contributed by atoms with van der Waals surface area (Å²) in [7, 11) is 1.95. The third-order valence-corrected chi connectivity index (χ3v) is 2.99. The Labute approximate surface area is 95.1 Å². The first-order valence-corrected chi connectivity index (χ1v) is 5.37. The molecular weight excluding hydrogens is 202 g/mol. The lowest BCUT2D eigenvalue weighted by atomic mass is 10.0. The number of furan rings is 1. The van der Waals surface area contributed by atoms with E-state index in [9.17, 15) is 0 Å². The van der Waals surface area contributed by atoms with Crippen LogP contribution in [0.25, 0.3) is 0 Å². The molecule has 0 aliphatic carbocycles. The van der Waals surface area contributed by atoms with Crippen molar-refractivity contribution in [3.05, 3.63) is 41.1 Å². The highest BCUT2D eigenvalue weighted by Crippen LogP contribution is 2.20. The van der Waals surface area contributed by atoms with E-state index in [0.717, 1.165) is 17.9 Å². The summed E-state index contributed by atoms with van der Waals surface area (Å²) in [4.78, 5) is 0. The summed E-state index contributed by atoms with van der Waals surface area (Å²) in [6.45, 7) is 4.07. The van der Waals surface area contributed by atoms with E-state index in [1.807, 2.05) is 30.8 Å². The van der Waals surface area contributed by atoms with E-state index in [4.69, 9.17) is 10.2 Å². The monoisotopic (exact) mass is 219 g/mol. The minimum Gasteiger partial charge on any atom is -0.468 e. The number of hydrogen-bond donors (Lipinski definition) is 1. The third-order valence-electron chi connectivity index (χ3n) is 2.99. The standard InChI is InChI=1S/C12H17N3O/c1-8-10(9(2)15(3)14-8)7-11(13)12-5-4-6-16-12/h4-6,11H,7,13H2,1-3H3. The average Bonchev–Trinajstić information content (AvgIpc) is 2.83. The Hall–Kier alpha value is -1.55. The Kier molecular flexibility index (Phi) is 2.83. The fraction of sp³-hybridized carbons (Fsp3) is 0.417. The fourth-order valence-electron chi connectivity index (χ4n) is 1.94. The van der Waals surface area contributed by atoms with E-state index < -0.39 is 0 Å². The molecule has 0 aliphatic rings. The Morgan fingerprint density at radius 1 is 1.50 bits per heavy atom. The molecule has 0 saturated carbocycles. The second-order valence-corrected chi connectivity index (χ2v) is 4.10. The van der Waals surface area contributed by atoms with Crippen LogP contribution in [0.15, 0.2) is 22.8 Å². The molecule has 0 aromatic carbocycles. The van der Waals surface area contributed by atoms with Crippen LogP contribution < -0.4 is 5.73 Å². The molecule has 1 unspecified atom stereocenters. The molecule has 0 radical (unpaired) electrons. The summed E-state index contributed by atoms with van der Waals surface area (Å²) in [6, 6.07) is 3.67. The fourth-order valence-corrected chi connectivity index (χ4v) is 1.94. The maximum Gasteiger partial charge on any atom is 0.120 e. The minimum atomic E-state index is -0.100. The largest absolute Gasteiger partial charge is 0.468 e. The Balaban J connectivity index is 2.21. The van der Waals surface area contributed by atoms with Gasteiger partial charge in [-0.1, -0.05) is 0 Å². The van der Waals surface area contributed by atoms with Crippen molar-refractivity contribution in [2.75, 3.05) is 0 Å². The van der Waals surface area contributed by atoms with Crippen molar-refractivity contribution in [1.82, 2.24) is 9.78 Å². The molecule has 1 atom stereocenters. The molecule has 0 saturated heterocycles. The highest BCUT2D eigenvalue weighted by atomic mass is 16.3. The molecule has 0 fully saturated rings. The number of rotatable bonds is 3. The maximum absolute atomic E-state index is 6.09. The molecule has 2 rings (SSSR count). The summed E-state index contributed by atoms with van der Waals surface area (Å²) >= 11 is 0. The van der Waals surface area contributed by atoms with Gasteiger partial charge in [-0.05, 0) is 38.0 Å². The van der Waals surface area contributed by atoms with Crippen molar-refractivity contribution in [2.45, 2.75) is 26.3 Å². The number of hydrogen-bond acceptors (Lipinski definition) is 3. The van der Waals surface area contributed by atoms with Gasteiger partial charge in [0.1, 0.15) is 5.76 Å². The zero-order valence-electron chi connectivity index (χ0n) is 9.90. The van der Waals surface area contributed by atoms with Gasteiger partial charge in [0.15, 0.2) is 0 Å². The van der Waals surface area contributed by atoms with Gasteiger partial charge in [-0.3, -0.25) is 4.68 Å². The van der Waals surface area contributed by atoms with Crippen molar-refractivity contribution >= 4 is 0 Å². The van der Waals surface area contributed by atoms with Crippen LogP contribution in [0.1, 0.15) is 28.8 Å². The summed E-state index contributed by atoms with van der Waals surface area (Å²) in [5, 5.41) is 4.38. The number of nitrogens with zero attached hydrogens (tertiary/aromatic N) is 2. The number of nitrogens with two attached hydrogens (primary N) is 1. The molecule has 0 amide bonds. The van der Waals surface area contributed by atoms with Crippen LogP contribution in [0.4, 0.5) is 0 Å². The lowest BCUT2D eigenvalue weighted by Crippen LogP contribution is -2.13. The van der Waals surface area contributed by atoms with E-state index in [2.05, 4.69) is 12.0 Å². The third kappa shape index (κ3) is 1.88. The molecule has 2 heterocycles. The second kappa shape index (κ2) is 4.14. The van der Waals surface area contributed by atoms with Gasteiger partial charge in [0.2, 0.25) is 0 Å². The van der Waals surface area contributed by atoms with Crippen molar-refractivity contribution in [1.29, 1.82) is 0 Å². The first kappa shape index (κ1) is 11.0. The van der Waals surface area contributed by atoms with Gasteiger partial charge in [0, 0.05) is 12.7 Å². The topological polar surface area (TPSA) is 57.0 Å². The highest BCUT2D eigenvalue weighted by molar-refractivity contribution is 5.26. The van der Waals surface area contributed by atoms with Crippen LogP contribution in [0.5, 0.6) is 0 Å². The van der Waals surface area contributed by atoms with E-state index >= 15 is 0 Å². The van der Waals surface area contributed by atoms with Crippen molar-refractivity contribution in [2.24, 2.45) is 12.8 Å². The van der Waals surface area contributed by atoms with Gasteiger partial charge in [-0.15, -0.1) is 0 Å². The molecule has 4 heteroatoms. The van der Waals surface area contributed by atoms with E-state index in [1.54, 1.807) is 6.26 Å². The lowest BCUT2D eigenvalue weighted by molar-refractivity contribution is 0.464. The predicted octanol–water partition coefficient (Wildman–Crippen LogP) is 1.87. The maximum atomic E-state index is 6.09. The van der Waals surface area contributed by atoms with Gasteiger partial charge in [-0.25, -0.2) is 0 Å². The zero-order valence-corrected chi connectivity index (χ0v) is 9.90. The normalized spacial score (nSPS) is 13.0. The van der Waals surface area contributed by atoms with Gasteiger partial charge < -0.3 is 10.2 Å². The Bertz CT molecular complexity index is 471. The van der Waals surface area contributed by atoms with Crippen LogP contribution in [0.2, 0.25) is 0 Å². The van der Waals surface area contributed by atoms with Crippen LogP contribution in [-0.2, 0) is 13.5 Å². The molecule has 86 valence electrons. The molecule has 16 heavy (non-hydrogen) atoms. The zero-order chi connectivity index (χ0) is 11.7. The lowest BCUT2D eigenvalue weighted by Gasteiger charge is -2.08. The van der Waals surface area contributed by atoms with Crippen LogP contribution in [-0.4, -0.2) is 9.78 Å². The summed E-state index contributed by atoms with van der Waals surface area (Å²) < 4.78 is 7.19. The summed E-state index contributed by atoms with van der Waals surface area (Å²) in [5.74, 6) is 0.822. The molecular formula is C12H17N3O. The SMILES string of the molecule is Cc1nn(C)c(C)c1CC(N)c1ccco1. The molecule has 4 nitrogen and oxygen atoms in total. The first-order valence-electron chi connectivity index (χ1n) is 5.37. The van der Waals surface area contributed by atoms with E-state index in [1.165, 1.54) is 11.3 Å². The van der Waals surface area contributed by atoms with E-state index in [-0.39, 0.29) is 6.04 Å². The van der Waals surface area contributed by atoms with E-state index in [0.29, 0.717) is 0 Å². The Morgan fingerprint density at radius 2 is 2.25 bits per heavy atom. The molecule has 0 bridgehead atoms. The second-order valence-electron chi connectivity index (χ2n) is 4.10. The van der Waals surface area contributed by atoms with Gasteiger partial charge in [0.25, 0.3) is 0 Å². The molecule has 0 aliphatic heterocycles. The first-order chi connectivity index (χ1) is 7.59.